The number of piperazine rings is 1. The molecule has 0 atom stereocenters. The van der Waals surface area contributed by atoms with E-state index in [-0.39, 0.29) is 23.1 Å². The molecule has 0 radical (unpaired) electrons. The molecule has 8 heteroatoms. The number of aromatic nitrogens is 2. The molecule has 1 saturated carbocycles. The van der Waals surface area contributed by atoms with E-state index in [0.29, 0.717) is 54.5 Å². The Labute approximate surface area is 201 Å². The van der Waals surface area contributed by atoms with Gasteiger partial charge < -0.3 is 19.4 Å². The normalized spacial score (nSPS) is 16.0. The molecule has 1 N–H and O–H groups in total. The fourth-order valence-corrected chi connectivity index (χ4v) is 4.63. The van der Waals surface area contributed by atoms with Crippen LogP contribution in [0.2, 0.25) is 0 Å². The zero-order valence-electron chi connectivity index (χ0n) is 19.1. The first-order valence-corrected chi connectivity index (χ1v) is 11.8. The molecule has 3 heterocycles. The average molecular weight is 469 g/mol. The van der Waals surface area contributed by atoms with Crippen LogP contribution in [0, 0.1) is 0 Å². The van der Waals surface area contributed by atoms with E-state index in [4.69, 9.17) is 4.52 Å². The lowest BCUT2D eigenvalue weighted by molar-refractivity contribution is 0.0534. The predicted octanol–water partition coefficient (Wildman–Crippen LogP) is 4.07. The lowest BCUT2D eigenvalue weighted by atomic mass is 10.0. The molecule has 1 aliphatic heterocycles. The summed E-state index contributed by atoms with van der Waals surface area (Å²) < 4.78 is 5.60. The lowest BCUT2D eigenvalue weighted by Crippen LogP contribution is -2.50. The summed E-state index contributed by atoms with van der Waals surface area (Å²) in [6.07, 6.45) is 2.11. The first-order valence-electron chi connectivity index (χ1n) is 11.8. The minimum absolute atomic E-state index is 0.0383. The summed E-state index contributed by atoms with van der Waals surface area (Å²) in [6.45, 7) is 1.56. The van der Waals surface area contributed by atoms with E-state index < -0.39 is 0 Å². The van der Waals surface area contributed by atoms with E-state index in [9.17, 15) is 14.7 Å². The minimum atomic E-state index is -0.233. The molecule has 2 aliphatic rings. The van der Waals surface area contributed by atoms with Crippen LogP contribution in [0.3, 0.4) is 0 Å². The number of para-hydroxylation sites is 1. The van der Waals surface area contributed by atoms with Gasteiger partial charge in [-0.2, -0.15) is 0 Å². The van der Waals surface area contributed by atoms with Crippen molar-refractivity contribution in [3.63, 3.8) is 0 Å². The molecule has 0 unspecified atom stereocenters. The largest absolute Gasteiger partial charge is 0.507 e. The number of rotatable bonds is 4. The van der Waals surface area contributed by atoms with Gasteiger partial charge in [0.15, 0.2) is 0 Å². The van der Waals surface area contributed by atoms with Crippen LogP contribution in [0.1, 0.15) is 45.2 Å². The monoisotopic (exact) mass is 468 g/mol. The molecule has 2 fully saturated rings. The van der Waals surface area contributed by atoms with Crippen LogP contribution in [0.5, 0.6) is 5.75 Å². The molecule has 35 heavy (non-hydrogen) atoms. The molecule has 8 nitrogen and oxygen atoms in total. The highest BCUT2D eigenvalue weighted by Crippen LogP contribution is 2.41. The van der Waals surface area contributed by atoms with Gasteiger partial charge in [-0.25, -0.2) is 4.98 Å². The maximum absolute atomic E-state index is 13.8. The highest BCUT2D eigenvalue weighted by molar-refractivity contribution is 6.09. The second-order valence-corrected chi connectivity index (χ2v) is 9.05. The van der Waals surface area contributed by atoms with Gasteiger partial charge in [0.2, 0.25) is 0 Å². The second-order valence-electron chi connectivity index (χ2n) is 9.05. The van der Waals surface area contributed by atoms with E-state index >= 15 is 0 Å². The summed E-state index contributed by atoms with van der Waals surface area (Å²) in [6, 6.07) is 18.1. The summed E-state index contributed by atoms with van der Waals surface area (Å²) in [5, 5.41) is 14.9. The van der Waals surface area contributed by atoms with Gasteiger partial charge in [-0.3, -0.25) is 9.59 Å². The molecule has 176 valence electrons. The number of benzene rings is 2. The zero-order valence-corrected chi connectivity index (χ0v) is 19.1. The number of hydrogen-bond donors (Lipinski definition) is 1. The quantitative estimate of drug-likeness (QED) is 0.485. The zero-order chi connectivity index (χ0) is 23.9. The Bertz CT molecular complexity index is 1420. The van der Waals surface area contributed by atoms with Crippen molar-refractivity contribution in [3.05, 3.63) is 77.5 Å². The van der Waals surface area contributed by atoms with Gasteiger partial charge in [0.25, 0.3) is 17.5 Å². The van der Waals surface area contributed by atoms with Gasteiger partial charge >= 0.3 is 0 Å². The second kappa shape index (κ2) is 8.54. The molecular weight excluding hydrogens is 444 g/mol. The van der Waals surface area contributed by atoms with Crippen LogP contribution in [0.15, 0.2) is 65.2 Å². The Balaban J connectivity index is 1.29. The topological polar surface area (TPSA) is 99.8 Å². The van der Waals surface area contributed by atoms with E-state index in [0.717, 1.165) is 24.1 Å². The van der Waals surface area contributed by atoms with Crippen LogP contribution in [0.25, 0.3) is 22.4 Å². The van der Waals surface area contributed by atoms with E-state index in [1.54, 1.807) is 28.0 Å². The average Bonchev–Trinajstić information content (AvgIpc) is 3.67. The van der Waals surface area contributed by atoms with Crippen molar-refractivity contribution < 1.29 is 19.2 Å². The minimum Gasteiger partial charge on any atom is -0.507 e. The van der Waals surface area contributed by atoms with Crippen LogP contribution in [-0.4, -0.2) is 63.0 Å². The van der Waals surface area contributed by atoms with Gasteiger partial charge in [-0.1, -0.05) is 47.6 Å². The number of phenolic OH excluding ortho intramolecular Hbond substituents is 1. The smallest absolute Gasteiger partial charge is 0.259 e. The number of aromatic hydroxyl groups is 1. The Kier molecular flexibility index (Phi) is 5.21. The molecule has 2 amide bonds. The predicted molar refractivity (Wildman–Crippen MR) is 129 cm³/mol. The van der Waals surface area contributed by atoms with Gasteiger partial charge in [-0.05, 0) is 31.0 Å². The number of phenols is 1. The van der Waals surface area contributed by atoms with Crippen LogP contribution >= 0.6 is 0 Å². The Morgan fingerprint density at radius 1 is 0.857 bits per heavy atom. The number of hydrogen-bond acceptors (Lipinski definition) is 6. The standard InChI is InChI=1S/C27H24N4O4/c32-22-9-5-4-8-19(22)26(33)30-12-14-31(15-13-30)27(34)20-16-21(17-10-11-17)28-25-23(20)24(29-35-25)18-6-2-1-3-7-18/h1-9,16-17,32H,10-15H2. The van der Waals surface area contributed by atoms with Gasteiger partial charge in [0, 0.05) is 43.4 Å². The molecule has 0 bridgehead atoms. The van der Waals surface area contributed by atoms with Crippen molar-refractivity contribution in [1.82, 2.24) is 19.9 Å². The number of nitrogens with zero attached hydrogens (tertiary/aromatic N) is 4. The Morgan fingerprint density at radius 2 is 1.49 bits per heavy atom. The number of carbonyl (C=O) groups is 2. The highest BCUT2D eigenvalue weighted by atomic mass is 16.5. The van der Waals surface area contributed by atoms with Crippen molar-refractivity contribution in [2.75, 3.05) is 26.2 Å². The molecule has 1 saturated heterocycles. The fraction of sp³-hybridized carbons (Fsp3) is 0.259. The number of pyridine rings is 1. The first kappa shape index (κ1) is 21.3. The third-order valence-electron chi connectivity index (χ3n) is 6.73. The fourth-order valence-electron chi connectivity index (χ4n) is 4.63. The van der Waals surface area contributed by atoms with Crippen molar-refractivity contribution in [2.24, 2.45) is 0 Å². The van der Waals surface area contributed by atoms with Gasteiger partial charge in [-0.15, -0.1) is 0 Å². The summed E-state index contributed by atoms with van der Waals surface area (Å²) in [5.74, 6) is -0.0369. The van der Waals surface area contributed by atoms with Crippen molar-refractivity contribution in [3.8, 4) is 17.0 Å². The lowest BCUT2D eigenvalue weighted by Gasteiger charge is -2.35. The van der Waals surface area contributed by atoms with Gasteiger partial charge in [0.1, 0.15) is 11.4 Å². The number of amides is 2. The third kappa shape index (κ3) is 3.90. The summed E-state index contributed by atoms with van der Waals surface area (Å²) in [4.78, 5) is 34.8. The van der Waals surface area contributed by atoms with Crippen LogP contribution in [-0.2, 0) is 0 Å². The molecule has 2 aromatic heterocycles. The number of carbonyl (C=O) groups excluding carboxylic acids is 2. The summed E-state index contributed by atoms with van der Waals surface area (Å²) in [5.41, 5.74) is 3.52. The third-order valence-corrected chi connectivity index (χ3v) is 6.73. The Morgan fingerprint density at radius 3 is 2.14 bits per heavy atom. The van der Waals surface area contributed by atoms with Crippen LogP contribution in [0.4, 0.5) is 0 Å². The molecule has 2 aromatic carbocycles. The Hall–Kier alpha value is -4.20. The molecule has 4 aromatic rings. The maximum Gasteiger partial charge on any atom is 0.259 e. The van der Waals surface area contributed by atoms with Crippen molar-refractivity contribution in [2.45, 2.75) is 18.8 Å². The summed E-state index contributed by atoms with van der Waals surface area (Å²) in [7, 11) is 0. The first-order chi connectivity index (χ1) is 17.1. The van der Waals surface area contributed by atoms with Gasteiger partial charge in [0.05, 0.1) is 16.5 Å². The highest BCUT2D eigenvalue weighted by Gasteiger charge is 2.32. The maximum atomic E-state index is 13.8. The van der Waals surface area contributed by atoms with Crippen molar-refractivity contribution >= 4 is 22.9 Å². The molecule has 6 rings (SSSR count). The summed E-state index contributed by atoms with van der Waals surface area (Å²) >= 11 is 0. The van der Waals surface area contributed by atoms with E-state index in [1.165, 1.54) is 6.07 Å². The number of fused-ring (bicyclic) bond motifs is 1. The molecule has 0 spiro atoms. The van der Waals surface area contributed by atoms with Crippen molar-refractivity contribution in [1.29, 1.82) is 0 Å². The molecular formula is C27H24N4O4. The van der Waals surface area contributed by atoms with Crippen LogP contribution < -0.4 is 0 Å². The van der Waals surface area contributed by atoms with E-state index in [2.05, 4.69) is 10.1 Å². The van der Waals surface area contributed by atoms with E-state index in [1.807, 2.05) is 36.4 Å². The molecule has 1 aliphatic carbocycles. The SMILES string of the molecule is O=C(c1ccccc1O)N1CCN(C(=O)c2cc(C3CC3)nc3onc(-c4ccccc4)c23)CC1.